The smallest absolute Gasteiger partial charge is 0.259 e. The minimum atomic E-state index is -0.496. The van der Waals surface area contributed by atoms with Gasteiger partial charge < -0.3 is 45.6 Å². The molecule has 0 saturated carbocycles. The normalized spacial score (nSPS) is 15.0. The van der Waals surface area contributed by atoms with Crippen molar-refractivity contribution in [1.29, 1.82) is 0 Å². The Bertz CT molecular complexity index is 2690. The van der Waals surface area contributed by atoms with E-state index in [1.54, 1.807) is 49.6 Å². The largest absolute Gasteiger partial charge is 0.505 e. The van der Waals surface area contributed by atoms with Crippen LogP contribution in [0.4, 0.5) is 40.6 Å². The van der Waals surface area contributed by atoms with E-state index in [0.717, 1.165) is 106 Å². The number of morpholine rings is 2. The molecule has 9 rings (SSSR count). The zero-order valence-corrected chi connectivity index (χ0v) is 35.8. The molecule has 17 nitrogen and oxygen atoms in total. The summed E-state index contributed by atoms with van der Waals surface area (Å²) in [7, 11) is 1.58. The van der Waals surface area contributed by atoms with Crippen LogP contribution in [-0.2, 0) is 9.47 Å². The van der Waals surface area contributed by atoms with Crippen molar-refractivity contribution >= 4 is 79.1 Å². The first kappa shape index (κ1) is 42.4. The Morgan fingerprint density at radius 2 is 1.38 bits per heavy atom. The summed E-state index contributed by atoms with van der Waals surface area (Å²) in [5.74, 6) is 1.22. The molecular weight excluding hydrogens is 813 g/mol. The number of hydrogen-bond donors (Lipinski definition) is 6. The number of anilines is 5. The highest BCUT2D eigenvalue weighted by Crippen LogP contribution is 2.44. The van der Waals surface area contributed by atoms with Crippen LogP contribution in [0.1, 0.15) is 23.2 Å². The Balaban J connectivity index is 0.949. The van der Waals surface area contributed by atoms with Crippen LogP contribution in [0, 0.1) is 0 Å². The van der Waals surface area contributed by atoms with Crippen LogP contribution in [-0.4, -0.2) is 127 Å². The van der Waals surface area contributed by atoms with Gasteiger partial charge in [-0.3, -0.25) is 14.6 Å². The number of para-hydroxylation sites is 1. The first-order chi connectivity index (χ1) is 31.5. The molecule has 6 N–H and O–H groups in total. The predicted octanol–water partition coefficient (Wildman–Crippen LogP) is 8.05. The third-order valence-electron chi connectivity index (χ3n) is 11.4. The summed E-state index contributed by atoms with van der Waals surface area (Å²) in [5, 5.41) is 37.4. The fourth-order valence-corrected chi connectivity index (χ4v) is 8.02. The van der Waals surface area contributed by atoms with Crippen molar-refractivity contribution in [1.82, 2.24) is 29.7 Å². The van der Waals surface area contributed by atoms with Gasteiger partial charge in [-0.2, -0.15) is 20.1 Å². The molecule has 2 aliphatic rings. The number of amides is 1. The lowest BCUT2D eigenvalue weighted by atomic mass is 10.00. The Labute approximate surface area is 370 Å². The Morgan fingerprint density at radius 1 is 0.750 bits per heavy atom. The van der Waals surface area contributed by atoms with Gasteiger partial charge in [0.1, 0.15) is 11.4 Å². The number of aromatic hydroxyl groups is 1. The standard InChI is InChI=1S/C47H52N12O5/c1-62-35-15-13-32(14-16-35)50-44(61)38-30-31-8-17-37-36-6-2-3-7-39(36)52-41(37)40(31)42(43(38)60)57-56-34-11-9-33(10-12-34)51-47-54-45(48-18-4-20-58-22-26-63-27-23-58)53-46(55-47)49-19-5-21-59-24-28-64-29-25-59/h2-3,6-17,30,52,60H,4-5,18-29H2,1H3,(H,50,61)(H3,48,49,51,53,54,55)/b57-56-. The maximum Gasteiger partial charge on any atom is 0.259 e. The molecule has 1 amide bonds. The molecule has 7 aromatic rings. The second kappa shape index (κ2) is 20.1. The summed E-state index contributed by atoms with van der Waals surface area (Å²) in [6.07, 6.45) is 1.88. The van der Waals surface area contributed by atoms with E-state index in [9.17, 15) is 9.90 Å². The topological polar surface area (TPSA) is 199 Å². The monoisotopic (exact) mass is 864 g/mol. The number of aromatic amines is 1. The highest BCUT2D eigenvalue weighted by Gasteiger charge is 2.22. The van der Waals surface area contributed by atoms with Crippen molar-refractivity contribution in [2.24, 2.45) is 10.2 Å². The van der Waals surface area contributed by atoms with Crippen LogP contribution < -0.4 is 26.0 Å². The average Bonchev–Trinajstić information content (AvgIpc) is 3.72. The Morgan fingerprint density at radius 3 is 2.03 bits per heavy atom. The van der Waals surface area contributed by atoms with Gasteiger partial charge in [0.05, 0.1) is 50.3 Å². The van der Waals surface area contributed by atoms with Gasteiger partial charge in [0.2, 0.25) is 17.8 Å². The lowest BCUT2D eigenvalue weighted by molar-refractivity contribution is 0.0378. The van der Waals surface area contributed by atoms with E-state index < -0.39 is 5.91 Å². The molecule has 0 spiro atoms. The number of phenolic OH excluding ortho intramolecular Hbond substituents is 1. The van der Waals surface area contributed by atoms with Crippen LogP contribution in [0.5, 0.6) is 11.5 Å². The molecule has 64 heavy (non-hydrogen) atoms. The molecular formula is C47H52N12O5. The average molecular weight is 865 g/mol. The quantitative estimate of drug-likeness (QED) is 0.0380. The fraction of sp³-hybridized carbons (Fsp3) is 0.319. The molecule has 2 fully saturated rings. The van der Waals surface area contributed by atoms with E-state index in [2.05, 4.69) is 51.3 Å². The summed E-state index contributed by atoms with van der Waals surface area (Å²) in [4.78, 5) is 36.1. The molecule has 0 bridgehead atoms. The maximum absolute atomic E-state index is 13.7. The van der Waals surface area contributed by atoms with Gasteiger partial charge in [-0.1, -0.05) is 30.3 Å². The van der Waals surface area contributed by atoms with E-state index in [1.807, 2.05) is 48.5 Å². The number of nitrogens with one attached hydrogen (secondary N) is 5. The number of nitrogens with zero attached hydrogens (tertiary/aromatic N) is 7. The predicted molar refractivity (Wildman–Crippen MR) is 250 cm³/mol. The van der Waals surface area contributed by atoms with Gasteiger partial charge in [-0.15, -0.1) is 5.11 Å². The van der Waals surface area contributed by atoms with Crippen molar-refractivity contribution in [3.05, 3.63) is 96.6 Å². The maximum atomic E-state index is 13.7. The molecule has 0 aliphatic carbocycles. The highest BCUT2D eigenvalue weighted by molar-refractivity contribution is 6.22. The van der Waals surface area contributed by atoms with E-state index in [0.29, 0.717) is 58.8 Å². The van der Waals surface area contributed by atoms with Gasteiger partial charge in [-0.05, 0) is 92.0 Å². The van der Waals surface area contributed by atoms with E-state index >= 15 is 0 Å². The van der Waals surface area contributed by atoms with Crippen molar-refractivity contribution in [2.45, 2.75) is 12.8 Å². The first-order valence-corrected chi connectivity index (χ1v) is 21.7. The van der Waals surface area contributed by atoms with Gasteiger partial charge in [0.25, 0.3) is 5.91 Å². The van der Waals surface area contributed by atoms with Gasteiger partial charge in [-0.25, -0.2) is 0 Å². The SMILES string of the molecule is COc1ccc(NC(=O)c2cc3ccc4c5ccccc5[nH]c4c3c(/N=N\c3ccc(Nc4nc(NCCCN5CCOCC5)nc(NCCCN5CCOCC5)n4)cc3)c2O)cc1. The van der Waals surface area contributed by atoms with Crippen molar-refractivity contribution in [3.63, 3.8) is 0 Å². The summed E-state index contributed by atoms with van der Waals surface area (Å²) < 4.78 is 16.2. The van der Waals surface area contributed by atoms with Gasteiger partial charge in [0, 0.05) is 72.3 Å². The zero-order chi connectivity index (χ0) is 43.7. The van der Waals surface area contributed by atoms with Crippen molar-refractivity contribution in [2.75, 3.05) is 107 Å². The molecule has 17 heteroatoms. The third-order valence-corrected chi connectivity index (χ3v) is 11.4. The third kappa shape index (κ3) is 10.1. The molecule has 5 aromatic carbocycles. The number of aromatic nitrogens is 4. The van der Waals surface area contributed by atoms with E-state index in [-0.39, 0.29) is 17.0 Å². The summed E-state index contributed by atoms with van der Waals surface area (Å²) in [5.41, 5.74) is 3.73. The summed E-state index contributed by atoms with van der Waals surface area (Å²) >= 11 is 0. The number of rotatable bonds is 17. The second-order valence-electron chi connectivity index (χ2n) is 15.7. The summed E-state index contributed by atoms with van der Waals surface area (Å²) in [6.45, 7) is 10.3. The number of benzene rings is 5. The summed E-state index contributed by atoms with van der Waals surface area (Å²) in [6, 6.07) is 27.9. The van der Waals surface area contributed by atoms with Crippen LogP contribution in [0.3, 0.4) is 0 Å². The number of carbonyl (C=O) groups excluding carboxylic acids is 1. The molecule has 2 saturated heterocycles. The molecule has 2 aliphatic heterocycles. The van der Waals surface area contributed by atoms with Crippen LogP contribution in [0.15, 0.2) is 101 Å². The van der Waals surface area contributed by atoms with Gasteiger partial charge >= 0.3 is 0 Å². The molecule has 4 heterocycles. The number of methoxy groups -OCH3 is 1. The number of H-pyrrole nitrogens is 1. The van der Waals surface area contributed by atoms with E-state index in [4.69, 9.17) is 24.2 Å². The Kier molecular flexibility index (Phi) is 13.3. The Hall–Kier alpha value is -6.92. The number of hydrogen-bond acceptors (Lipinski definition) is 15. The molecule has 0 atom stereocenters. The van der Waals surface area contributed by atoms with Gasteiger partial charge in [0.15, 0.2) is 5.75 Å². The number of ether oxygens (including phenoxy) is 3. The van der Waals surface area contributed by atoms with Crippen LogP contribution in [0.25, 0.3) is 32.6 Å². The number of phenols is 1. The van der Waals surface area contributed by atoms with Crippen LogP contribution in [0.2, 0.25) is 0 Å². The first-order valence-electron chi connectivity index (χ1n) is 21.7. The van der Waals surface area contributed by atoms with Crippen LogP contribution >= 0.6 is 0 Å². The zero-order valence-electron chi connectivity index (χ0n) is 35.8. The number of fused-ring (bicyclic) bond motifs is 5. The van der Waals surface area contributed by atoms with Crippen molar-refractivity contribution < 1.29 is 24.1 Å². The highest BCUT2D eigenvalue weighted by atomic mass is 16.5. The molecule has 330 valence electrons. The fourth-order valence-electron chi connectivity index (χ4n) is 8.02. The minimum absolute atomic E-state index is 0.0570. The lowest BCUT2D eigenvalue weighted by Crippen LogP contribution is -2.37. The van der Waals surface area contributed by atoms with Crippen molar-refractivity contribution in [3.8, 4) is 11.5 Å². The van der Waals surface area contributed by atoms with E-state index in [1.165, 1.54) is 0 Å². The lowest BCUT2D eigenvalue weighted by Gasteiger charge is -2.26. The number of azo groups is 1. The molecule has 2 aromatic heterocycles. The molecule has 0 radical (unpaired) electrons. The number of carbonyl (C=O) groups is 1. The second-order valence-corrected chi connectivity index (χ2v) is 15.7. The molecule has 0 unspecified atom stereocenters. The minimum Gasteiger partial charge on any atom is -0.505 e.